The van der Waals surface area contributed by atoms with Gasteiger partial charge in [0.2, 0.25) is 0 Å². The van der Waals surface area contributed by atoms with Gasteiger partial charge >= 0.3 is 0 Å². The van der Waals surface area contributed by atoms with Gasteiger partial charge in [0.1, 0.15) is 0 Å². The van der Waals surface area contributed by atoms with Crippen LogP contribution in [0.4, 0.5) is 0 Å². The molecule has 0 aliphatic carbocycles. The van der Waals surface area contributed by atoms with Crippen LogP contribution in [0.5, 0.6) is 0 Å². The van der Waals surface area contributed by atoms with Gasteiger partial charge in [-0.25, -0.2) is 4.68 Å². The van der Waals surface area contributed by atoms with Crippen molar-refractivity contribution in [3.05, 3.63) is 46.7 Å². The van der Waals surface area contributed by atoms with E-state index in [2.05, 4.69) is 31.2 Å². The second-order valence-corrected chi connectivity index (χ2v) is 6.39. The zero-order chi connectivity index (χ0) is 16.8. The first-order valence-corrected chi connectivity index (χ1v) is 8.54. The molecule has 0 saturated carbocycles. The highest BCUT2D eigenvalue weighted by Gasteiger charge is 2.20. The molecule has 1 aromatic carbocycles. The first-order chi connectivity index (χ1) is 11.0. The molecule has 0 aliphatic rings. The minimum absolute atomic E-state index is 0.0573. The first kappa shape index (κ1) is 17.5. The standard InChI is InChI=1S/C18H24ClN3O/c1-4-5-6-10-20-18(23)16-12-21-22(17(16)13(2)3)15-9-7-8-14(19)11-15/h7-9,11-13H,4-6,10H2,1-3H3,(H,20,23). The summed E-state index contributed by atoms with van der Waals surface area (Å²) >= 11 is 6.07. The van der Waals surface area contributed by atoms with E-state index in [0.717, 1.165) is 30.6 Å². The molecule has 0 saturated heterocycles. The van der Waals surface area contributed by atoms with E-state index < -0.39 is 0 Å². The molecule has 0 fully saturated rings. The van der Waals surface area contributed by atoms with Gasteiger partial charge in [0.15, 0.2) is 0 Å². The summed E-state index contributed by atoms with van der Waals surface area (Å²) in [5.74, 6) is 0.117. The summed E-state index contributed by atoms with van der Waals surface area (Å²) in [6.45, 7) is 6.97. The maximum Gasteiger partial charge on any atom is 0.254 e. The Hall–Kier alpha value is -1.81. The van der Waals surface area contributed by atoms with Crippen LogP contribution in [0.2, 0.25) is 5.02 Å². The van der Waals surface area contributed by atoms with Gasteiger partial charge in [-0.2, -0.15) is 5.10 Å². The Balaban J connectivity index is 2.26. The smallest absolute Gasteiger partial charge is 0.254 e. The average molecular weight is 334 g/mol. The van der Waals surface area contributed by atoms with Crippen molar-refractivity contribution >= 4 is 17.5 Å². The van der Waals surface area contributed by atoms with Crippen LogP contribution < -0.4 is 5.32 Å². The fraction of sp³-hybridized carbons (Fsp3) is 0.444. The number of benzene rings is 1. The van der Waals surface area contributed by atoms with Crippen LogP contribution in [0.25, 0.3) is 5.69 Å². The molecule has 2 rings (SSSR count). The number of carbonyl (C=O) groups excluding carboxylic acids is 1. The highest BCUT2D eigenvalue weighted by Crippen LogP contribution is 2.24. The van der Waals surface area contributed by atoms with E-state index in [1.54, 1.807) is 10.9 Å². The van der Waals surface area contributed by atoms with Crippen molar-refractivity contribution in [3.63, 3.8) is 0 Å². The fourth-order valence-corrected chi connectivity index (χ4v) is 2.76. The van der Waals surface area contributed by atoms with Crippen LogP contribution in [-0.4, -0.2) is 22.2 Å². The molecule has 5 heteroatoms. The topological polar surface area (TPSA) is 46.9 Å². The molecule has 0 radical (unpaired) electrons. The third-order valence-corrected chi connectivity index (χ3v) is 3.95. The molecule has 1 N–H and O–H groups in total. The van der Waals surface area contributed by atoms with Gasteiger partial charge in [-0.1, -0.05) is 51.3 Å². The Morgan fingerprint density at radius 1 is 1.35 bits per heavy atom. The zero-order valence-electron chi connectivity index (χ0n) is 14.0. The third kappa shape index (κ3) is 4.35. The van der Waals surface area contributed by atoms with Crippen LogP contribution in [0, 0.1) is 0 Å². The maximum atomic E-state index is 12.5. The van der Waals surface area contributed by atoms with Crippen LogP contribution >= 0.6 is 11.6 Å². The Labute approximate surface area is 142 Å². The number of hydrogen-bond donors (Lipinski definition) is 1. The summed E-state index contributed by atoms with van der Waals surface area (Å²) in [5, 5.41) is 8.05. The lowest BCUT2D eigenvalue weighted by atomic mass is 10.0. The number of rotatable bonds is 7. The molecule has 0 aliphatic heterocycles. The Morgan fingerprint density at radius 2 is 2.13 bits per heavy atom. The lowest BCUT2D eigenvalue weighted by Crippen LogP contribution is -2.25. The van der Waals surface area contributed by atoms with Crippen molar-refractivity contribution in [2.45, 2.75) is 46.0 Å². The Bertz CT molecular complexity index is 664. The molecule has 2 aromatic rings. The monoisotopic (exact) mass is 333 g/mol. The number of unbranched alkanes of at least 4 members (excludes halogenated alkanes) is 2. The molecule has 124 valence electrons. The molecule has 4 nitrogen and oxygen atoms in total. The summed E-state index contributed by atoms with van der Waals surface area (Å²) in [5.41, 5.74) is 2.41. The number of nitrogens with one attached hydrogen (secondary N) is 1. The van der Waals surface area contributed by atoms with Gasteiger partial charge in [-0.3, -0.25) is 4.79 Å². The summed E-state index contributed by atoms with van der Waals surface area (Å²) in [4.78, 5) is 12.5. The normalized spacial score (nSPS) is 11.0. The molecule has 0 bridgehead atoms. The third-order valence-electron chi connectivity index (χ3n) is 3.72. The largest absolute Gasteiger partial charge is 0.352 e. The first-order valence-electron chi connectivity index (χ1n) is 8.16. The SMILES string of the molecule is CCCCCNC(=O)c1cnn(-c2cccc(Cl)c2)c1C(C)C. The van der Waals surface area contributed by atoms with E-state index in [9.17, 15) is 4.79 Å². The van der Waals surface area contributed by atoms with Gasteiger partial charge in [0, 0.05) is 11.6 Å². The van der Waals surface area contributed by atoms with Gasteiger partial charge < -0.3 is 5.32 Å². The van der Waals surface area contributed by atoms with Crippen molar-refractivity contribution in [1.82, 2.24) is 15.1 Å². The maximum absolute atomic E-state index is 12.5. The van der Waals surface area contributed by atoms with Gasteiger partial charge in [-0.05, 0) is 30.5 Å². The van der Waals surface area contributed by atoms with Crippen molar-refractivity contribution < 1.29 is 4.79 Å². The predicted octanol–water partition coefficient (Wildman–Crippen LogP) is 4.57. The van der Waals surface area contributed by atoms with Crippen LogP contribution in [0.3, 0.4) is 0 Å². The second kappa shape index (κ2) is 8.16. The number of amides is 1. The summed E-state index contributed by atoms with van der Waals surface area (Å²) in [7, 11) is 0. The predicted molar refractivity (Wildman–Crippen MR) is 94.5 cm³/mol. The van der Waals surface area contributed by atoms with E-state index in [0.29, 0.717) is 17.1 Å². The summed E-state index contributed by atoms with van der Waals surface area (Å²) in [6.07, 6.45) is 4.91. The molecule has 1 aromatic heterocycles. The fourth-order valence-electron chi connectivity index (χ4n) is 2.57. The van der Waals surface area contributed by atoms with E-state index in [1.807, 2.05) is 24.3 Å². The molecule has 1 amide bonds. The summed E-state index contributed by atoms with van der Waals surface area (Å²) < 4.78 is 1.80. The molecule has 0 atom stereocenters. The van der Waals surface area contributed by atoms with Crippen molar-refractivity contribution in [2.24, 2.45) is 0 Å². The van der Waals surface area contributed by atoms with E-state index >= 15 is 0 Å². The minimum Gasteiger partial charge on any atom is -0.352 e. The Morgan fingerprint density at radius 3 is 2.78 bits per heavy atom. The van der Waals surface area contributed by atoms with Gasteiger partial charge in [0.25, 0.3) is 5.91 Å². The minimum atomic E-state index is -0.0573. The molecular formula is C18H24ClN3O. The molecular weight excluding hydrogens is 310 g/mol. The van der Waals surface area contributed by atoms with Crippen LogP contribution in [0.1, 0.15) is 62.0 Å². The summed E-state index contributed by atoms with van der Waals surface area (Å²) in [6, 6.07) is 7.50. The van der Waals surface area contributed by atoms with Crippen molar-refractivity contribution in [3.8, 4) is 5.69 Å². The molecule has 0 spiro atoms. The van der Waals surface area contributed by atoms with E-state index in [-0.39, 0.29) is 11.8 Å². The van der Waals surface area contributed by atoms with Crippen LogP contribution in [0.15, 0.2) is 30.5 Å². The van der Waals surface area contributed by atoms with E-state index in [1.165, 1.54) is 0 Å². The molecule has 0 unspecified atom stereocenters. The van der Waals surface area contributed by atoms with Crippen LogP contribution in [-0.2, 0) is 0 Å². The van der Waals surface area contributed by atoms with E-state index in [4.69, 9.17) is 11.6 Å². The number of hydrogen-bond acceptors (Lipinski definition) is 2. The lowest BCUT2D eigenvalue weighted by molar-refractivity contribution is 0.0951. The highest BCUT2D eigenvalue weighted by atomic mass is 35.5. The van der Waals surface area contributed by atoms with Crippen molar-refractivity contribution in [2.75, 3.05) is 6.54 Å². The highest BCUT2D eigenvalue weighted by molar-refractivity contribution is 6.30. The quantitative estimate of drug-likeness (QED) is 0.754. The van der Waals surface area contributed by atoms with Gasteiger partial charge in [0.05, 0.1) is 23.1 Å². The number of carbonyl (C=O) groups is 1. The lowest BCUT2D eigenvalue weighted by Gasteiger charge is -2.13. The second-order valence-electron chi connectivity index (χ2n) is 5.95. The zero-order valence-corrected chi connectivity index (χ0v) is 14.7. The number of nitrogens with zero attached hydrogens (tertiary/aromatic N) is 2. The average Bonchev–Trinajstić information content (AvgIpc) is 2.96. The molecule has 1 heterocycles. The van der Waals surface area contributed by atoms with Crippen molar-refractivity contribution in [1.29, 1.82) is 0 Å². The Kier molecular flexibility index (Phi) is 6.22. The number of halogens is 1. The number of aromatic nitrogens is 2. The molecule has 23 heavy (non-hydrogen) atoms. The van der Waals surface area contributed by atoms with Gasteiger partial charge in [-0.15, -0.1) is 0 Å².